The molecule has 0 unspecified atom stereocenters. The SMILES string of the molecule is c1ccc(-c2nc(-c3ccccc3)nc(-c3ccc(-n4c5cc(-n6c7ccccc7c7ccccc76)ccc5c5ccc6oc7ccccc7c6c54)cc3)n2)cc1. The van der Waals surface area contributed by atoms with Crippen LogP contribution in [0.5, 0.6) is 0 Å². The molecule has 0 spiro atoms. The van der Waals surface area contributed by atoms with Crippen LogP contribution < -0.4 is 0 Å². The molecule has 0 amide bonds. The second kappa shape index (κ2) is 12.3. The van der Waals surface area contributed by atoms with E-state index in [1.165, 1.54) is 32.6 Å². The summed E-state index contributed by atoms with van der Waals surface area (Å²) in [7, 11) is 0. The third-order valence-electron chi connectivity index (χ3n) is 11.2. The fourth-order valence-electron chi connectivity index (χ4n) is 8.61. The van der Waals surface area contributed by atoms with Crippen molar-refractivity contribution in [1.29, 1.82) is 0 Å². The van der Waals surface area contributed by atoms with E-state index >= 15 is 0 Å². The van der Waals surface area contributed by atoms with E-state index in [9.17, 15) is 0 Å². The number of aromatic nitrogens is 5. The Morgan fingerprint density at radius 3 is 1.46 bits per heavy atom. The van der Waals surface area contributed by atoms with Crippen molar-refractivity contribution in [3.63, 3.8) is 0 Å². The lowest BCUT2D eigenvalue weighted by Gasteiger charge is -2.12. The highest BCUT2D eigenvalue weighted by molar-refractivity contribution is 6.24. The van der Waals surface area contributed by atoms with Gasteiger partial charge in [0, 0.05) is 55.0 Å². The molecule has 0 saturated carbocycles. The average Bonchev–Trinajstić information content (AvgIpc) is 3.94. The van der Waals surface area contributed by atoms with Crippen LogP contribution in [0.25, 0.3) is 111 Å². The van der Waals surface area contributed by atoms with Crippen LogP contribution in [-0.2, 0) is 0 Å². The maximum absolute atomic E-state index is 6.46. The Hall–Kier alpha value is -7.83. The zero-order valence-electron chi connectivity index (χ0n) is 30.5. The van der Waals surface area contributed by atoms with Gasteiger partial charge in [-0.3, -0.25) is 0 Å². The summed E-state index contributed by atoms with van der Waals surface area (Å²) in [5.74, 6) is 1.89. The molecule has 0 radical (unpaired) electrons. The Morgan fingerprint density at radius 2 is 0.825 bits per heavy atom. The summed E-state index contributed by atoms with van der Waals surface area (Å²) in [5.41, 5.74) is 11.2. The molecule has 0 aliphatic heterocycles. The molecule has 6 heteroatoms. The fourth-order valence-corrected chi connectivity index (χ4v) is 8.61. The number of furan rings is 1. The standard InChI is InChI=1S/C51H31N5O/c1-3-13-32(14-4-1)49-52-50(33-15-5-2-6-16-33)54-51(53-49)34-23-25-35(26-24-34)56-44-31-36(55-42-20-10-7-17-37(42)38-18-8-11-21-43(38)55)27-28-39(44)40-29-30-46-47(48(40)56)41-19-9-12-22-45(41)57-46/h1-31H. The molecular weight excluding hydrogens is 699 g/mol. The molecule has 0 bridgehead atoms. The summed E-state index contributed by atoms with van der Waals surface area (Å²) in [4.78, 5) is 14.9. The van der Waals surface area contributed by atoms with Crippen molar-refractivity contribution < 1.29 is 4.42 Å². The number of fused-ring (bicyclic) bond motifs is 10. The molecule has 4 aromatic heterocycles. The Bertz CT molecular complexity index is 3400. The molecule has 4 heterocycles. The second-order valence-corrected chi connectivity index (χ2v) is 14.4. The molecular formula is C51H31N5O. The first-order valence-corrected chi connectivity index (χ1v) is 19.1. The lowest BCUT2D eigenvalue weighted by molar-refractivity contribution is 0.669. The zero-order chi connectivity index (χ0) is 37.5. The quantitative estimate of drug-likeness (QED) is 0.177. The van der Waals surface area contributed by atoms with Crippen LogP contribution in [0.1, 0.15) is 0 Å². The number of nitrogens with zero attached hydrogens (tertiary/aromatic N) is 5. The van der Waals surface area contributed by atoms with E-state index in [2.05, 4.69) is 124 Å². The lowest BCUT2D eigenvalue weighted by atomic mass is 10.1. The molecule has 0 aliphatic rings. The first-order chi connectivity index (χ1) is 28.3. The van der Waals surface area contributed by atoms with Crippen molar-refractivity contribution in [1.82, 2.24) is 24.1 Å². The maximum atomic E-state index is 6.46. The lowest BCUT2D eigenvalue weighted by Crippen LogP contribution is -2.00. The average molecular weight is 730 g/mol. The molecule has 12 aromatic rings. The van der Waals surface area contributed by atoms with Crippen molar-refractivity contribution in [2.24, 2.45) is 0 Å². The topological polar surface area (TPSA) is 61.7 Å². The molecule has 0 N–H and O–H groups in total. The predicted octanol–water partition coefficient (Wildman–Crippen LogP) is 13.0. The molecule has 266 valence electrons. The Kier molecular flexibility index (Phi) is 6.83. The number of rotatable bonds is 5. The first kappa shape index (κ1) is 31.5. The van der Waals surface area contributed by atoms with E-state index in [0.717, 1.165) is 61.0 Å². The number of hydrogen-bond acceptors (Lipinski definition) is 4. The van der Waals surface area contributed by atoms with Gasteiger partial charge in [0.25, 0.3) is 0 Å². The van der Waals surface area contributed by atoms with E-state index < -0.39 is 0 Å². The minimum atomic E-state index is 0.619. The van der Waals surface area contributed by atoms with Gasteiger partial charge in [0.1, 0.15) is 11.2 Å². The predicted molar refractivity (Wildman–Crippen MR) is 232 cm³/mol. The molecule has 8 aromatic carbocycles. The minimum Gasteiger partial charge on any atom is -0.456 e. The van der Waals surface area contributed by atoms with Crippen LogP contribution in [-0.4, -0.2) is 24.1 Å². The summed E-state index contributed by atoms with van der Waals surface area (Å²) in [6, 6.07) is 65.6. The summed E-state index contributed by atoms with van der Waals surface area (Å²) in [5, 5.41) is 7.00. The summed E-state index contributed by atoms with van der Waals surface area (Å²) >= 11 is 0. The Balaban J connectivity index is 1.10. The van der Waals surface area contributed by atoms with Gasteiger partial charge in [-0.1, -0.05) is 121 Å². The van der Waals surface area contributed by atoms with Crippen LogP contribution in [0.15, 0.2) is 192 Å². The molecule has 0 aliphatic carbocycles. The summed E-state index contributed by atoms with van der Waals surface area (Å²) in [6.45, 7) is 0. The van der Waals surface area contributed by atoms with Gasteiger partial charge in [0.2, 0.25) is 0 Å². The highest BCUT2D eigenvalue weighted by atomic mass is 16.3. The van der Waals surface area contributed by atoms with Crippen molar-refractivity contribution in [3.8, 4) is 45.5 Å². The van der Waals surface area contributed by atoms with Crippen LogP contribution in [0.4, 0.5) is 0 Å². The summed E-state index contributed by atoms with van der Waals surface area (Å²) < 4.78 is 11.2. The number of para-hydroxylation sites is 3. The minimum absolute atomic E-state index is 0.619. The normalized spacial score (nSPS) is 11.9. The molecule has 6 nitrogen and oxygen atoms in total. The smallest absolute Gasteiger partial charge is 0.164 e. The molecule has 0 fully saturated rings. The van der Waals surface area contributed by atoms with E-state index in [-0.39, 0.29) is 0 Å². The van der Waals surface area contributed by atoms with Crippen LogP contribution in [0, 0.1) is 0 Å². The molecule has 0 atom stereocenters. The van der Waals surface area contributed by atoms with Crippen LogP contribution >= 0.6 is 0 Å². The summed E-state index contributed by atoms with van der Waals surface area (Å²) in [6.07, 6.45) is 0. The van der Waals surface area contributed by atoms with E-state index in [4.69, 9.17) is 19.4 Å². The van der Waals surface area contributed by atoms with Gasteiger partial charge in [0.05, 0.1) is 27.5 Å². The van der Waals surface area contributed by atoms with Gasteiger partial charge in [-0.15, -0.1) is 0 Å². The Labute approximate surface area is 326 Å². The Morgan fingerprint density at radius 1 is 0.333 bits per heavy atom. The second-order valence-electron chi connectivity index (χ2n) is 14.4. The van der Waals surface area contributed by atoms with Crippen LogP contribution in [0.3, 0.4) is 0 Å². The highest BCUT2D eigenvalue weighted by Crippen LogP contribution is 2.42. The van der Waals surface area contributed by atoms with Gasteiger partial charge >= 0.3 is 0 Å². The molecule has 12 rings (SSSR count). The number of hydrogen-bond donors (Lipinski definition) is 0. The number of benzene rings is 8. The van der Waals surface area contributed by atoms with Crippen molar-refractivity contribution in [2.45, 2.75) is 0 Å². The molecule has 0 saturated heterocycles. The van der Waals surface area contributed by atoms with Gasteiger partial charge in [-0.25, -0.2) is 15.0 Å². The maximum Gasteiger partial charge on any atom is 0.164 e. The van der Waals surface area contributed by atoms with Gasteiger partial charge in [-0.05, 0) is 66.7 Å². The van der Waals surface area contributed by atoms with Gasteiger partial charge < -0.3 is 13.6 Å². The van der Waals surface area contributed by atoms with E-state index in [1.807, 2.05) is 72.8 Å². The monoisotopic (exact) mass is 729 g/mol. The zero-order valence-corrected chi connectivity index (χ0v) is 30.5. The fraction of sp³-hybridized carbons (Fsp3) is 0. The van der Waals surface area contributed by atoms with E-state index in [1.54, 1.807) is 0 Å². The largest absolute Gasteiger partial charge is 0.456 e. The van der Waals surface area contributed by atoms with Crippen molar-refractivity contribution in [2.75, 3.05) is 0 Å². The third kappa shape index (κ3) is 4.87. The third-order valence-corrected chi connectivity index (χ3v) is 11.2. The van der Waals surface area contributed by atoms with Crippen molar-refractivity contribution >= 4 is 65.6 Å². The van der Waals surface area contributed by atoms with Crippen molar-refractivity contribution in [3.05, 3.63) is 188 Å². The van der Waals surface area contributed by atoms with Gasteiger partial charge in [0.15, 0.2) is 17.5 Å². The molecule has 57 heavy (non-hydrogen) atoms. The van der Waals surface area contributed by atoms with E-state index in [0.29, 0.717) is 17.5 Å². The highest BCUT2D eigenvalue weighted by Gasteiger charge is 2.21. The first-order valence-electron chi connectivity index (χ1n) is 19.1. The van der Waals surface area contributed by atoms with Gasteiger partial charge in [-0.2, -0.15) is 0 Å². The van der Waals surface area contributed by atoms with Crippen LogP contribution in [0.2, 0.25) is 0 Å².